The molecule has 7 heteroatoms. The van der Waals surface area contributed by atoms with E-state index in [1.54, 1.807) is 16.8 Å². The maximum Gasteiger partial charge on any atom is 0.181 e. The van der Waals surface area contributed by atoms with Crippen LogP contribution in [-0.2, 0) is 0 Å². The Bertz CT molecular complexity index is 547. The minimum atomic E-state index is 0.422. The predicted molar refractivity (Wildman–Crippen MR) is 68.1 cm³/mol. The molecule has 3 heterocycles. The molecule has 1 fully saturated rings. The summed E-state index contributed by atoms with van der Waals surface area (Å²) in [6.45, 7) is 3.67. The molecule has 1 aliphatic heterocycles. The van der Waals surface area contributed by atoms with Crippen molar-refractivity contribution < 1.29 is 0 Å². The molecule has 0 atom stereocenters. The van der Waals surface area contributed by atoms with Crippen LogP contribution in [0.5, 0.6) is 0 Å². The fourth-order valence-electron chi connectivity index (χ4n) is 2.00. The molecule has 0 unspecified atom stereocenters. The van der Waals surface area contributed by atoms with Gasteiger partial charge in [-0.1, -0.05) is 23.2 Å². The molecule has 0 bridgehead atoms. The van der Waals surface area contributed by atoms with Crippen molar-refractivity contribution in [1.29, 1.82) is 0 Å². The molecule has 2 aromatic rings. The molecule has 1 saturated heterocycles. The fraction of sp³-hybridized carbons (Fsp3) is 0.400. The van der Waals surface area contributed by atoms with Crippen LogP contribution in [-0.4, -0.2) is 40.5 Å². The minimum Gasteiger partial charge on any atom is -0.351 e. The summed E-state index contributed by atoms with van der Waals surface area (Å²) in [5.74, 6) is 0.797. The van der Waals surface area contributed by atoms with E-state index in [2.05, 4.69) is 20.2 Å². The van der Waals surface area contributed by atoms with Gasteiger partial charge in [-0.25, -0.2) is 9.97 Å². The molecule has 1 N–H and O–H groups in total. The van der Waals surface area contributed by atoms with Crippen LogP contribution in [0.3, 0.4) is 0 Å². The number of halogens is 2. The molecule has 17 heavy (non-hydrogen) atoms. The summed E-state index contributed by atoms with van der Waals surface area (Å²) < 4.78 is 1.76. The number of fused-ring (bicyclic) bond motifs is 1. The second-order valence-corrected chi connectivity index (χ2v) is 4.67. The Hall–Kier alpha value is -1.04. The van der Waals surface area contributed by atoms with Crippen molar-refractivity contribution in [3.05, 3.63) is 22.7 Å². The Labute approximate surface area is 108 Å². The van der Waals surface area contributed by atoms with E-state index in [9.17, 15) is 0 Å². The molecule has 5 nitrogen and oxygen atoms in total. The fourth-order valence-corrected chi connectivity index (χ4v) is 2.36. The van der Waals surface area contributed by atoms with Gasteiger partial charge in [0.15, 0.2) is 11.5 Å². The molecule has 0 aliphatic carbocycles. The van der Waals surface area contributed by atoms with Gasteiger partial charge in [-0.2, -0.15) is 0 Å². The van der Waals surface area contributed by atoms with Crippen molar-refractivity contribution in [3.63, 3.8) is 0 Å². The van der Waals surface area contributed by atoms with E-state index in [4.69, 9.17) is 23.2 Å². The van der Waals surface area contributed by atoms with Gasteiger partial charge in [-0.3, -0.25) is 4.40 Å². The maximum atomic E-state index is 6.04. The van der Waals surface area contributed by atoms with Crippen molar-refractivity contribution in [2.24, 2.45) is 0 Å². The van der Waals surface area contributed by atoms with E-state index >= 15 is 0 Å². The summed E-state index contributed by atoms with van der Waals surface area (Å²) in [5, 5.41) is 4.26. The summed E-state index contributed by atoms with van der Waals surface area (Å²) in [6, 6.07) is 0. The largest absolute Gasteiger partial charge is 0.351 e. The minimum absolute atomic E-state index is 0.422. The highest BCUT2D eigenvalue weighted by atomic mass is 35.5. The third kappa shape index (κ3) is 1.94. The quantitative estimate of drug-likeness (QED) is 0.853. The van der Waals surface area contributed by atoms with Crippen LogP contribution < -0.4 is 10.2 Å². The van der Waals surface area contributed by atoms with E-state index in [0.717, 1.165) is 37.6 Å². The summed E-state index contributed by atoms with van der Waals surface area (Å²) in [5.41, 5.74) is 0.751. The number of anilines is 1. The Morgan fingerprint density at radius 2 is 2.00 bits per heavy atom. The predicted octanol–water partition coefficient (Wildman–Crippen LogP) is 1.45. The lowest BCUT2D eigenvalue weighted by molar-refractivity contribution is 0.585. The van der Waals surface area contributed by atoms with Crippen LogP contribution in [0.2, 0.25) is 10.3 Å². The first-order chi connectivity index (χ1) is 8.25. The summed E-state index contributed by atoms with van der Waals surface area (Å²) in [7, 11) is 0. The normalized spacial score (nSPS) is 16.7. The SMILES string of the molecule is Clc1cn2c(Cl)cnc2c(N2CCNCC2)n1. The average molecular weight is 272 g/mol. The highest BCUT2D eigenvalue weighted by Gasteiger charge is 2.17. The average Bonchev–Trinajstić information content (AvgIpc) is 2.72. The highest BCUT2D eigenvalue weighted by Crippen LogP contribution is 2.24. The Morgan fingerprint density at radius 3 is 2.76 bits per heavy atom. The van der Waals surface area contributed by atoms with E-state index in [1.165, 1.54) is 0 Å². The number of hydrogen-bond acceptors (Lipinski definition) is 4. The smallest absolute Gasteiger partial charge is 0.181 e. The van der Waals surface area contributed by atoms with Crippen molar-refractivity contribution >= 4 is 34.7 Å². The first-order valence-corrected chi connectivity index (χ1v) is 6.16. The molecule has 1 aliphatic rings. The van der Waals surface area contributed by atoms with Crippen molar-refractivity contribution in [3.8, 4) is 0 Å². The zero-order valence-corrected chi connectivity index (χ0v) is 10.5. The van der Waals surface area contributed by atoms with E-state index in [-0.39, 0.29) is 0 Å². The lowest BCUT2D eigenvalue weighted by Crippen LogP contribution is -2.44. The molecule has 0 saturated carbocycles. The third-order valence-electron chi connectivity index (χ3n) is 2.82. The number of hydrogen-bond donors (Lipinski definition) is 1. The van der Waals surface area contributed by atoms with E-state index in [1.807, 2.05) is 0 Å². The second-order valence-electron chi connectivity index (χ2n) is 3.90. The van der Waals surface area contributed by atoms with Gasteiger partial charge >= 0.3 is 0 Å². The van der Waals surface area contributed by atoms with Gasteiger partial charge in [-0.05, 0) is 0 Å². The Balaban J connectivity index is 2.13. The molecule has 0 amide bonds. The topological polar surface area (TPSA) is 45.5 Å². The maximum absolute atomic E-state index is 6.04. The number of piperazine rings is 1. The van der Waals surface area contributed by atoms with Gasteiger partial charge in [0.2, 0.25) is 0 Å². The number of imidazole rings is 1. The van der Waals surface area contributed by atoms with Crippen molar-refractivity contribution in [2.45, 2.75) is 0 Å². The van der Waals surface area contributed by atoms with Gasteiger partial charge < -0.3 is 10.2 Å². The lowest BCUT2D eigenvalue weighted by Gasteiger charge is -2.28. The van der Waals surface area contributed by atoms with Gasteiger partial charge in [-0.15, -0.1) is 0 Å². The summed E-state index contributed by atoms with van der Waals surface area (Å²) in [4.78, 5) is 10.8. The van der Waals surface area contributed by atoms with Crippen LogP contribution in [0.15, 0.2) is 12.4 Å². The Morgan fingerprint density at radius 1 is 1.24 bits per heavy atom. The van der Waals surface area contributed by atoms with E-state index in [0.29, 0.717) is 10.3 Å². The summed E-state index contributed by atoms with van der Waals surface area (Å²) in [6.07, 6.45) is 3.29. The number of nitrogens with one attached hydrogen (secondary N) is 1. The van der Waals surface area contributed by atoms with Crippen LogP contribution in [0.1, 0.15) is 0 Å². The molecule has 0 spiro atoms. The zero-order valence-electron chi connectivity index (χ0n) is 9.03. The molecular formula is C10H11Cl2N5. The lowest BCUT2D eigenvalue weighted by atomic mass is 10.3. The number of nitrogens with zero attached hydrogens (tertiary/aromatic N) is 4. The van der Waals surface area contributed by atoms with Crippen LogP contribution in [0.4, 0.5) is 5.82 Å². The molecule has 0 aromatic carbocycles. The monoisotopic (exact) mass is 271 g/mol. The third-order valence-corrected chi connectivity index (χ3v) is 3.28. The van der Waals surface area contributed by atoms with Crippen molar-refractivity contribution in [1.82, 2.24) is 19.7 Å². The molecule has 90 valence electrons. The molecule has 2 aromatic heterocycles. The Kier molecular flexibility index (Phi) is 2.82. The molecule has 0 radical (unpaired) electrons. The van der Waals surface area contributed by atoms with Crippen LogP contribution >= 0.6 is 23.2 Å². The van der Waals surface area contributed by atoms with Gasteiger partial charge in [0.05, 0.1) is 6.20 Å². The van der Waals surface area contributed by atoms with Crippen molar-refractivity contribution in [2.75, 3.05) is 31.1 Å². The van der Waals surface area contributed by atoms with E-state index < -0.39 is 0 Å². The zero-order chi connectivity index (χ0) is 11.8. The van der Waals surface area contributed by atoms with Crippen LogP contribution in [0.25, 0.3) is 5.65 Å². The molecule has 3 rings (SSSR count). The second kappa shape index (κ2) is 4.33. The first-order valence-electron chi connectivity index (χ1n) is 5.40. The first kappa shape index (κ1) is 11.1. The number of aromatic nitrogens is 3. The highest BCUT2D eigenvalue weighted by molar-refractivity contribution is 6.31. The van der Waals surface area contributed by atoms with Crippen LogP contribution in [0, 0.1) is 0 Å². The molecular weight excluding hydrogens is 261 g/mol. The van der Waals surface area contributed by atoms with Gasteiger partial charge in [0.1, 0.15) is 10.3 Å². The van der Waals surface area contributed by atoms with Gasteiger partial charge in [0, 0.05) is 32.4 Å². The number of rotatable bonds is 1. The summed E-state index contributed by atoms with van der Waals surface area (Å²) >= 11 is 12.0. The standard InChI is InChI=1S/C10H11Cl2N5/c11-7-6-17-8(12)5-14-9(17)10(15-7)16-3-1-13-2-4-16/h5-6,13H,1-4H2. The van der Waals surface area contributed by atoms with Gasteiger partial charge in [0.25, 0.3) is 0 Å².